The van der Waals surface area contributed by atoms with Gasteiger partial charge in [0.05, 0.1) is 5.56 Å². The minimum absolute atomic E-state index is 0.213. The molecule has 0 saturated heterocycles. The van der Waals surface area contributed by atoms with E-state index in [0.29, 0.717) is 5.56 Å². The lowest BCUT2D eigenvalue weighted by atomic mass is 9.86. The van der Waals surface area contributed by atoms with Crippen LogP contribution in [0.3, 0.4) is 0 Å². The minimum Gasteiger partial charge on any atom is -0.310 e. The highest BCUT2D eigenvalue weighted by Gasteiger charge is 2.36. The number of alkyl halides is 3. The summed E-state index contributed by atoms with van der Waals surface area (Å²) in [6, 6.07) is 5.69. The number of rotatable bonds is 7. The summed E-state index contributed by atoms with van der Waals surface area (Å²) in [5.41, 5.74) is -0.136. The predicted molar refractivity (Wildman–Crippen MR) is 76.6 cm³/mol. The van der Waals surface area contributed by atoms with Gasteiger partial charge in [0.1, 0.15) is 0 Å². The van der Waals surface area contributed by atoms with Crippen molar-refractivity contribution in [3.8, 4) is 0 Å². The molecule has 1 aromatic carbocycles. The second-order valence-corrected chi connectivity index (χ2v) is 5.09. The second kappa shape index (κ2) is 7.67. The monoisotopic (exact) mass is 287 g/mol. The minimum atomic E-state index is -4.30. The maximum absolute atomic E-state index is 13.2. The molecule has 1 N–H and O–H groups in total. The summed E-state index contributed by atoms with van der Waals surface area (Å²) in [5, 5.41) is 3.30. The Morgan fingerprint density at radius 2 is 1.65 bits per heavy atom. The van der Waals surface area contributed by atoms with Crippen molar-refractivity contribution in [3.63, 3.8) is 0 Å². The van der Waals surface area contributed by atoms with E-state index in [4.69, 9.17) is 0 Å². The van der Waals surface area contributed by atoms with Crippen LogP contribution in [-0.4, -0.2) is 6.54 Å². The fourth-order valence-corrected chi connectivity index (χ4v) is 2.62. The average molecular weight is 287 g/mol. The lowest BCUT2D eigenvalue weighted by Crippen LogP contribution is -2.30. The zero-order valence-electron chi connectivity index (χ0n) is 12.4. The van der Waals surface area contributed by atoms with Gasteiger partial charge in [0, 0.05) is 6.04 Å². The van der Waals surface area contributed by atoms with Crippen LogP contribution in [0.4, 0.5) is 13.2 Å². The van der Waals surface area contributed by atoms with Gasteiger partial charge in [-0.25, -0.2) is 0 Å². The van der Waals surface area contributed by atoms with Gasteiger partial charge < -0.3 is 5.32 Å². The van der Waals surface area contributed by atoms with Crippen molar-refractivity contribution in [2.24, 2.45) is 5.92 Å². The SMILES string of the molecule is CCCNC(c1ccccc1C(F)(F)F)C(CC)CC. The van der Waals surface area contributed by atoms with Gasteiger partial charge in [0.25, 0.3) is 0 Å². The molecule has 0 aliphatic carbocycles. The highest BCUT2D eigenvalue weighted by atomic mass is 19.4. The van der Waals surface area contributed by atoms with Gasteiger partial charge in [-0.1, -0.05) is 51.8 Å². The Bertz CT molecular complexity index is 397. The van der Waals surface area contributed by atoms with Crippen LogP contribution in [0.2, 0.25) is 0 Å². The smallest absolute Gasteiger partial charge is 0.310 e. The molecule has 0 amide bonds. The summed E-state index contributed by atoms with van der Waals surface area (Å²) in [6.07, 6.45) is -1.66. The van der Waals surface area contributed by atoms with Gasteiger partial charge in [-0.2, -0.15) is 13.2 Å². The number of benzene rings is 1. The Labute approximate surface area is 119 Å². The summed E-state index contributed by atoms with van der Waals surface area (Å²) < 4.78 is 39.5. The lowest BCUT2D eigenvalue weighted by Gasteiger charge is -2.29. The molecule has 0 saturated carbocycles. The molecule has 1 aromatic rings. The first-order valence-electron chi connectivity index (χ1n) is 7.35. The quantitative estimate of drug-likeness (QED) is 0.728. The van der Waals surface area contributed by atoms with Crippen LogP contribution in [0, 0.1) is 5.92 Å². The standard InChI is InChI=1S/C16H24F3N/c1-4-11-20-15(12(5-2)6-3)13-9-7-8-10-14(13)16(17,18)19/h7-10,12,15,20H,4-6,11H2,1-3H3. The van der Waals surface area contributed by atoms with Crippen molar-refractivity contribution < 1.29 is 13.2 Å². The molecule has 0 bridgehead atoms. The number of halogens is 3. The first-order valence-corrected chi connectivity index (χ1v) is 7.35. The fraction of sp³-hybridized carbons (Fsp3) is 0.625. The Kier molecular flexibility index (Phi) is 6.53. The maximum Gasteiger partial charge on any atom is 0.416 e. The molecule has 1 atom stereocenters. The Morgan fingerprint density at radius 1 is 1.05 bits per heavy atom. The summed E-state index contributed by atoms with van der Waals surface area (Å²) in [6.45, 7) is 6.82. The molecule has 0 spiro atoms. The summed E-state index contributed by atoms with van der Waals surface area (Å²) in [4.78, 5) is 0. The van der Waals surface area contributed by atoms with Crippen LogP contribution < -0.4 is 5.32 Å². The van der Waals surface area contributed by atoms with Crippen molar-refractivity contribution in [2.45, 2.75) is 52.3 Å². The van der Waals surface area contributed by atoms with Gasteiger partial charge in [0.2, 0.25) is 0 Å². The number of hydrogen-bond acceptors (Lipinski definition) is 1. The van der Waals surface area contributed by atoms with Crippen LogP contribution in [0.25, 0.3) is 0 Å². The molecule has 1 unspecified atom stereocenters. The van der Waals surface area contributed by atoms with E-state index < -0.39 is 11.7 Å². The average Bonchev–Trinajstić information content (AvgIpc) is 2.42. The van der Waals surface area contributed by atoms with Gasteiger partial charge in [-0.05, 0) is 30.5 Å². The maximum atomic E-state index is 13.2. The van der Waals surface area contributed by atoms with Gasteiger partial charge in [-0.3, -0.25) is 0 Å². The fourth-order valence-electron chi connectivity index (χ4n) is 2.62. The highest BCUT2D eigenvalue weighted by Crippen LogP contribution is 2.38. The van der Waals surface area contributed by atoms with Crippen molar-refractivity contribution >= 4 is 0 Å². The van der Waals surface area contributed by atoms with Crippen molar-refractivity contribution in [1.82, 2.24) is 5.32 Å². The summed E-state index contributed by atoms with van der Waals surface area (Å²) in [5.74, 6) is 0.213. The number of nitrogens with one attached hydrogen (secondary N) is 1. The first kappa shape index (κ1) is 17.0. The van der Waals surface area contributed by atoms with Crippen LogP contribution >= 0.6 is 0 Å². The van der Waals surface area contributed by atoms with Crippen LogP contribution in [0.15, 0.2) is 24.3 Å². The molecule has 114 valence electrons. The Hall–Kier alpha value is -1.03. The van der Waals surface area contributed by atoms with E-state index >= 15 is 0 Å². The van der Waals surface area contributed by atoms with E-state index in [9.17, 15) is 13.2 Å². The Balaban J connectivity index is 3.19. The van der Waals surface area contributed by atoms with E-state index in [1.165, 1.54) is 12.1 Å². The second-order valence-electron chi connectivity index (χ2n) is 5.09. The third-order valence-electron chi connectivity index (χ3n) is 3.74. The van der Waals surface area contributed by atoms with Gasteiger partial charge >= 0.3 is 6.18 Å². The molecule has 0 heterocycles. The molecule has 1 nitrogen and oxygen atoms in total. The van der Waals surface area contributed by atoms with Crippen molar-refractivity contribution in [1.29, 1.82) is 0 Å². The molecule has 4 heteroatoms. The molecule has 0 aromatic heterocycles. The van der Waals surface area contributed by atoms with E-state index in [-0.39, 0.29) is 12.0 Å². The van der Waals surface area contributed by atoms with E-state index in [2.05, 4.69) is 5.32 Å². The topological polar surface area (TPSA) is 12.0 Å². The predicted octanol–water partition coefficient (Wildman–Crippen LogP) is 5.18. The lowest BCUT2D eigenvalue weighted by molar-refractivity contribution is -0.138. The number of hydrogen-bond donors (Lipinski definition) is 1. The molecular formula is C16H24F3N. The van der Waals surface area contributed by atoms with Gasteiger partial charge in [-0.15, -0.1) is 0 Å². The zero-order valence-corrected chi connectivity index (χ0v) is 12.4. The zero-order chi connectivity index (χ0) is 15.2. The van der Waals surface area contributed by atoms with E-state index in [1.54, 1.807) is 12.1 Å². The molecule has 1 rings (SSSR count). The first-order chi connectivity index (χ1) is 9.45. The normalized spacial score (nSPS) is 13.8. The molecule has 0 radical (unpaired) electrons. The van der Waals surface area contributed by atoms with Crippen LogP contribution in [-0.2, 0) is 6.18 Å². The molecular weight excluding hydrogens is 263 g/mol. The van der Waals surface area contributed by atoms with Crippen molar-refractivity contribution in [3.05, 3.63) is 35.4 Å². The van der Waals surface area contributed by atoms with Gasteiger partial charge in [0.15, 0.2) is 0 Å². The summed E-state index contributed by atoms with van der Waals surface area (Å²) in [7, 11) is 0. The molecule has 0 fully saturated rings. The molecule has 20 heavy (non-hydrogen) atoms. The Morgan fingerprint density at radius 3 is 2.15 bits per heavy atom. The largest absolute Gasteiger partial charge is 0.416 e. The highest BCUT2D eigenvalue weighted by molar-refractivity contribution is 5.33. The third kappa shape index (κ3) is 4.23. The van der Waals surface area contributed by atoms with Crippen molar-refractivity contribution in [2.75, 3.05) is 6.54 Å². The molecule has 0 aliphatic heterocycles. The van der Waals surface area contributed by atoms with E-state index in [1.807, 2.05) is 20.8 Å². The third-order valence-corrected chi connectivity index (χ3v) is 3.74. The summed E-state index contributed by atoms with van der Waals surface area (Å²) >= 11 is 0. The van der Waals surface area contributed by atoms with Crippen LogP contribution in [0.1, 0.15) is 57.2 Å². The van der Waals surface area contributed by atoms with E-state index in [0.717, 1.165) is 25.8 Å². The van der Waals surface area contributed by atoms with Crippen LogP contribution in [0.5, 0.6) is 0 Å². The molecule has 0 aliphatic rings.